The van der Waals surface area contributed by atoms with Crippen LogP contribution in [-0.2, 0) is 9.59 Å². The Hall–Kier alpha value is -2.48. The number of amides is 4. The van der Waals surface area contributed by atoms with E-state index in [1.54, 1.807) is 27.0 Å². The fraction of sp³-hybridized carbons (Fsp3) is 0.400. The quantitative estimate of drug-likeness (QED) is 0.726. The SMILES string of the molecule is CC(C)NC(=O)NC(=O)CN(C)CC(=O)Nc1cccc(F)c1. The summed E-state index contributed by atoms with van der Waals surface area (Å²) in [4.78, 5) is 36.2. The van der Waals surface area contributed by atoms with Crippen LogP contribution < -0.4 is 16.0 Å². The Kier molecular flexibility index (Phi) is 7.14. The molecule has 0 saturated carbocycles. The lowest BCUT2D eigenvalue weighted by Gasteiger charge is -2.16. The summed E-state index contributed by atoms with van der Waals surface area (Å²) in [7, 11) is 1.56. The van der Waals surface area contributed by atoms with E-state index in [9.17, 15) is 18.8 Å². The molecule has 126 valence electrons. The Morgan fingerprint density at radius 1 is 1.17 bits per heavy atom. The molecule has 1 aromatic rings. The maximum atomic E-state index is 13.0. The van der Waals surface area contributed by atoms with Crippen LogP contribution in [0.4, 0.5) is 14.9 Å². The molecule has 7 nitrogen and oxygen atoms in total. The van der Waals surface area contributed by atoms with Crippen molar-refractivity contribution in [2.45, 2.75) is 19.9 Å². The van der Waals surface area contributed by atoms with E-state index in [0.717, 1.165) is 0 Å². The lowest BCUT2D eigenvalue weighted by molar-refractivity contribution is -0.122. The number of imide groups is 1. The van der Waals surface area contributed by atoms with Crippen LogP contribution in [0.1, 0.15) is 13.8 Å². The van der Waals surface area contributed by atoms with Crippen LogP contribution in [0.3, 0.4) is 0 Å². The van der Waals surface area contributed by atoms with Gasteiger partial charge in [-0.25, -0.2) is 9.18 Å². The van der Waals surface area contributed by atoms with Crippen molar-refractivity contribution in [3.05, 3.63) is 30.1 Å². The summed E-state index contributed by atoms with van der Waals surface area (Å²) in [5.41, 5.74) is 0.337. The van der Waals surface area contributed by atoms with Gasteiger partial charge in [-0.2, -0.15) is 0 Å². The van der Waals surface area contributed by atoms with Crippen LogP contribution in [-0.4, -0.2) is 48.9 Å². The van der Waals surface area contributed by atoms with Gasteiger partial charge in [-0.05, 0) is 39.1 Å². The standard InChI is InChI=1S/C15H21FN4O3/c1-10(2)17-15(23)19-14(22)9-20(3)8-13(21)18-12-6-4-5-11(16)7-12/h4-7,10H,8-9H2,1-3H3,(H,18,21)(H2,17,19,22,23). The zero-order valence-electron chi connectivity index (χ0n) is 13.4. The average molecular weight is 324 g/mol. The molecule has 23 heavy (non-hydrogen) atoms. The van der Waals surface area contributed by atoms with Crippen molar-refractivity contribution in [1.29, 1.82) is 0 Å². The topological polar surface area (TPSA) is 90.5 Å². The number of nitrogens with zero attached hydrogens (tertiary/aromatic N) is 1. The molecule has 3 N–H and O–H groups in total. The molecule has 0 bridgehead atoms. The molecule has 0 aliphatic carbocycles. The highest BCUT2D eigenvalue weighted by molar-refractivity contribution is 5.96. The zero-order chi connectivity index (χ0) is 17.4. The number of halogens is 1. The van der Waals surface area contributed by atoms with Crippen molar-refractivity contribution in [3.8, 4) is 0 Å². The largest absolute Gasteiger partial charge is 0.336 e. The molecular weight excluding hydrogens is 303 g/mol. The number of carbonyl (C=O) groups is 3. The van der Waals surface area contributed by atoms with Gasteiger partial charge in [-0.3, -0.25) is 19.8 Å². The molecule has 0 radical (unpaired) electrons. The fourth-order valence-electron chi connectivity index (χ4n) is 1.78. The third-order valence-corrected chi connectivity index (χ3v) is 2.61. The molecule has 0 aliphatic rings. The minimum atomic E-state index is -0.581. The summed E-state index contributed by atoms with van der Waals surface area (Å²) < 4.78 is 13.0. The zero-order valence-corrected chi connectivity index (χ0v) is 13.4. The van der Waals surface area contributed by atoms with E-state index in [2.05, 4.69) is 16.0 Å². The molecule has 0 aliphatic heterocycles. The smallest absolute Gasteiger partial charge is 0.321 e. The first kappa shape index (κ1) is 18.6. The normalized spacial score (nSPS) is 10.5. The van der Waals surface area contributed by atoms with E-state index in [-0.39, 0.29) is 19.1 Å². The first-order valence-corrected chi connectivity index (χ1v) is 7.10. The van der Waals surface area contributed by atoms with Gasteiger partial charge in [-0.15, -0.1) is 0 Å². The molecule has 0 heterocycles. The number of anilines is 1. The van der Waals surface area contributed by atoms with Crippen LogP contribution in [0.25, 0.3) is 0 Å². The monoisotopic (exact) mass is 324 g/mol. The minimum absolute atomic E-state index is 0.0737. The number of rotatable bonds is 6. The first-order chi connectivity index (χ1) is 10.8. The highest BCUT2D eigenvalue weighted by Crippen LogP contribution is 2.08. The fourth-order valence-corrected chi connectivity index (χ4v) is 1.78. The Morgan fingerprint density at radius 3 is 2.43 bits per heavy atom. The Morgan fingerprint density at radius 2 is 1.83 bits per heavy atom. The summed E-state index contributed by atoms with van der Waals surface area (Å²) in [6.45, 7) is 3.34. The van der Waals surface area contributed by atoms with E-state index in [4.69, 9.17) is 0 Å². The molecule has 0 spiro atoms. The second kappa shape index (κ2) is 8.84. The van der Waals surface area contributed by atoms with Crippen molar-refractivity contribution in [1.82, 2.24) is 15.5 Å². The third-order valence-electron chi connectivity index (χ3n) is 2.61. The van der Waals surface area contributed by atoms with E-state index in [1.807, 2.05) is 0 Å². The molecule has 8 heteroatoms. The number of hydrogen-bond acceptors (Lipinski definition) is 4. The second-order valence-corrected chi connectivity index (χ2v) is 5.41. The average Bonchev–Trinajstić information content (AvgIpc) is 2.36. The summed E-state index contributed by atoms with van der Waals surface area (Å²) in [5.74, 6) is -1.37. The van der Waals surface area contributed by atoms with Crippen LogP contribution in [0.15, 0.2) is 24.3 Å². The summed E-state index contributed by atoms with van der Waals surface area (Å²) in [6.07, 6.45) is 0. The van der Waals surface area contributed by atoms with Gasteiger partial charge in [0.05, 0.1) is 13.1 Å². The maximum absolute atomic E-state index is 13.0. The summed E-state index contributed by atoms with van der Waals surface area (Å²) in [6, 6.07) is 4.84. The van der Waals surface area contributed by atoms with E-state index in [0.29, 0.717) is 5.69 Å². The van der Waals surface area contributed by atoms with Crippen molar-refractivity contribution in [3.63, 3.8) is 0 Å². The van der Waals surface area contributed by atoms with Gasteiger partial charge >= 0.3 is 6.03 Å². The molecule has 1 aromatic carbocycles. The van der Waals surface area contributed by atoms with Gasteiger partial charge in [0, 0.05) is 11.7 Å². The highest BCUT2D eigenvalue weighted by atomic mass is 19.1. The molecule has 1 rings (SSSR count). The van der Waals surface area contributed by atoms with Gasteiger partial charge in [0.25, 0.3) is 0 Å². The van der Waals surface area contributed by atoms with Crippen LogP contribution >= 0.6 is 0 Å². The second-order valence-electron chi connectivity index (χ2n) is 5.41. The highest BCUT2D eigenvalue weighted by Gasteiger charge is 2.13. The first-order valence-electron chi connectivity index (χ1n) is 7.10. The Balaban J connectivity index is 2.37. The summed E-state index contributed by atoms with van der Waals surface area (Å²) >= 11 is 0. The van der Waals surface area contributed by atoms with Gasteiger partial charge in [0.15, 0.2) is 0 Å². The molecule has 4 amide bonds. The van der Waals surface area contributed by atoms with Crippen LogP contribution in [0, 0.1) is 5.82 Å². The number of benzene rings is 1. The van der Waals surface area contributed by atoms with Gasteiger partial charge in [0.2, 0.25) is 11.8 Å². The van der Waals surface area contributed by atoms with Gasteiger partial charge in [-0.1, -0.05) is 6.07 Å². The van der Waals surface area contributed by atoms with E-state index >= 15 is 0 Å². The number of urea groups is 1. The lowest BCUT2D eigenvalue weighted by Crippen LogP contribution is -2.46. The van der Waals surface area contributed by atoms with Gasteiger partial charge < -0.3 is 10.6 Å². The molecule has 0 atom stereocenters. The third kappa shape index (κ3) is 7.91. The van der Waals surface area contributed by atoms with E-state index in [1.165, 1.54) is 23.1 Å². The Labute approximate surface area is 134 Å². The number of nitrogens with one attached hydrogen (secondary N) is 3. The van der Waals surface area contributed by atoms with Crippen molar-refractivity contribution in [2.24, 2.45) is 0 Å². The predicted octanol–water partition coefficient (Wildman–Crippen LogP) is 0.930. The predicted molar refractivity (Wildman–Crippen MR) is 84.3 cm³/mol. The molecule has 0 unspecified atom stereocenters. The van der Waals surface area contributed by atoms with Crippen LogP contribution in [0.2, 0.25) is 0 Å². The Bertz CT molecular complexity index is 578. The molecular formula is C15H21FN4O3. The number of carbonyl (C=O) groups excluding carboxylic acids is 3. The molecule has 0 saturated heterocycles. The minimum Gasteiger partial charge on any atom is -0.336 e. The van der Waals surface area contributed by atoms with Crippen molar-refractivity contribution in [2.75, 3.05) is 25.5 Å². The number of hydrogen-bond donors (Lipinski definition) is 3. The maximum Gasteiger partial charge on any atom is 0.321 e. The summed E-state index contributed by atoms with van der Waals surface area (Å²) in [5, 5.41) is 7.20. The molecule has 0 fully saturated rings. The van der Waals surface area contributed by atoms with Crippen molar-refractivity contribution >= 4 is 23.5 Å². The van der Waals surface area contributed by atoms with Crippen LogP contribution in [0.5, 0.6) is 0 Å². The number of likely N-dealkylation sites (N-methyl/N-ethyl adjacent to an activating group) is 1. The van der Waals surface area contributed by atoms with E-state index < -0.39 is 23.7 Å². The molecule has 0 aromatic heterocycles. The van der Waals surface area contributed by atoms with Gasteiger partial charge in [0.1, 0.15) is 5.82 Å². The lowest BCUT2D eigenvalue weighted by atomic mass is 10.3. The van der Waals surface area contributed by atoms with Crippen molar-refractivity contribution < 1.29 is 18.8 Å².